The van der Waals surface area contributed by atoms with E-state index in [2.05, 4.69) is 30.0 Å². The molecule has 0 heterocycles. The topological polar surface area (TPSA) is 32.7 Å². The molecule has 0 bridgehead atoms. The second-order valence-electron chi connectivity index (χ2n) is 6.24. The molecule has 3 nitrogen and oxygen atoms in total. The van der Waals surface area contributed by atoms with Gasteiger partial charge in [0, 0.05) is 25.7 Å². The van der Waals surface area contributed by atoms with Gasteiger partial charge >= 0.3 is 0 Å². The number of rotatable bonds is 5. The Bertz CT molecular complexity index is 458. The summed E-state index contributed by atoms with van der Waals surface area (Å²) < 4.78 is 5.25. The van der Waals surface area contributed by atoms with Crippen molar-refractivity contribution in [1.29, 1.82) is 0 Å². The summed E-state index contributed by atoms with van der Waals surface area (Å²) in [5.41, 5.74) is 2.44. The third-order valence-electron chi connectivity index (χ3n) is 4.80. The minimum atomic E-state index is -0.361. The molecule has 3 rings (SSSR count). The van der Waals surface area contributed by atoms with Crippen LogP contribution in [0.3, 0.4) is 0 Å². The maximum atomic E-state index is 10.8. The normalized spacial score (nSPS) is 29.5. The minimum Gasteiger partial charge on any atom is -0.387 e. The van der Waals surface area contributed by atoms with Gasteiger partial charge in [-0.1, -0.05) is 31.2 Å². The van der Waals surface area contributed by atoms with E-state index in [4.69, 9.17) is 4.74 Å². The quantitative estimate of drug-likeness (QED) is 0.897. The van der Waals surface area contributed by atoms with Gasteiger partial charge in [-0.05, 0) is 36.3 Å². The van der Waals surface area contributed by atoms with Crippen molar-refractivity contribution in [2.24, 2.45) is 0 Å². The SMILES string of the molecule is COCCN(C1CC1)C1CC(C)c2ccccc2C1O. The van der Waals surface area contributed by atoms with E-state index >= 15 is 0 Å². The maximum Gasteiger partial charge on any atom is 0.0948 e. The maximum absolute atomic E-state index is 10.8. The Morgan fingerprint density at radius 3 is 2.60 bits per heavy atom. The molecule has 0 saturated heterocycles. The van der Waals surface area contributed by atoms with Gasteiger partial charge in [-0.15, -0.1) is 0 Å². The molecule has 1 N–H and O–H groups in total. The van der Waals surface area contributed by atoms with Crippen molar-refractivity contribution in [2.75, 3.05) is 20.3 Å². The summed E-state index contributed by atoms with van der Waals surface area (Å²) in [4.78, 5) is 2.49. The Kier molecular flexibility index (Phi) is 4.11. The van der Waals surface area contributed by atoms with Crippen molar-refractivity contribution in [1.82, 2.24) is 4.90 Å². The molecule has 2 aliphatic carbocycles. The van der Waals surface area contributed by atoms with Crippen LogP contribution < -0.4 is 0 Å². The predicted molar refractivity (Wildman–Crippen MR) is 79.8 cm³/mol. The van der Waals surface area contributed by atoms with E-state index in [0.717, 1.165) is 25.1 Å². The van der Waals surface area contributed by atoms with Crippen LogP contribution in [0.15, 0.2) is 24.3 Å². The lowest BCUT2D eigenvalue weighted by Gasteiger charge is -2.41. The Hall–Kier alpha value is -0.900. The van der Waals surface area contributed by atoms with Gasteiger partial charge in [-0.2, -0.15) is 0 Å². The molecule has 1 fully saturated rings. The summed E-state index contributed by atoms with van der Waals surface area (Å²) >= 11 is 0. The van der Waals surface area contributed by atoms with Crippen LogP contribution in [0.25, 0.3) is 0 Å². The van der Waals surface area contributed by atoms with Gasteiger partial charge < -0.3 is 9.84 Å². The Labute approximate surface area is 121 Å². The predicted octanol–water partition coefficient (Wildman–Crippen LogP) is 2.71. The lowest BCUT2D eigenvalue weighted by Crippen LogP contribution is -2.45. The first kappa shape index (κ1) is 14.1. The molecule has 3 atom stereocenters. The van der Waals surface area contributed by atoms with Crippen LogP contribution in [-0.4, -0.2) is 42.4 Å². The van der Waals surface area contributed by atoms with Crippen molar-refractivity contribution in [3.05, 3.63) is 35.4 Å². The molecule has 0 amide bonds. The van der Waals surface area contributed by atoms with Gasteiger partial charge in [0.2, 0.25) is 0 Å². The molecule has 0 spiro atoms. The molecule has 1 aromatic rings. The number of ether oxygens (including phenoxy) is 1. The average molecular weight is 275 g/mol. The van der Waals surface area contributed by atoms with Crippen LogP contribution in [-0.2, 0) is 4.74 Å². The summed E-state index contributed by atoms with van der Waals surface area (Å²) in [6.45, 7) is 3.95. The fraction of sp³-hybridized carbons (Fsp3) is 0.647. The van der Waals surface area contributed by atoms with E-state index in [1.54, 1.807) is 7.11 Å². The van der Waals surface area contributed by atoms with E-state index < -0.39 is 0 Å². The van der Waals surface area contributed by atoms with Crippen molar-refractivity contribution in [2.45, 2.75) is 50.3 Å². The molecule has 110 valence electrons. The Morgan fingerprint density at radius 1 is 1.25 bits per heavy atom. The fourth-order valence-corrected chi connectivity index (χ4v) is 3.59. The first-order valence-corrected chi connectivity index (χ1v) is 7.74. The third kappa shape index (κ3) is 2.62. The highest BCUT2D eigenvalue weighted by atomic mass is 16.5. The van der Waals surface area contributed by atoms with Gasteiger partial charge in [-0.3, -0.25) is 4.90 Å². The second kappa shape index (κ2) is 5.84. The molecule has 2 aliphatic rings. The highest BCUT2D eigenvalue weighted by Crippen LogP contribution is 2.42. The highest BCUT2D eigenvalue weighted by Gasteiger charge is 2.41. The molecule has 3 unspecified atom stereocenters. The van der Waals surface area contributed by atoms with Crippen molar-refractivity contribution in [3.8, 4) is 0 Å². The lowest BCUT2D eigenvalue weighted by atomic mass is 9.78. The van der Waals surface area contributed by atoms with Crippen molar-refractivity contribution in [3.63, 3.8) is 0 Å². The number of hydrogen-bond acceptors (Lipinski definition) is 3. The summed E-state index contributed by atoms with van der Waals surface area (Å²) in [5, 5.41) is 10.8. The van der Waals surface area contributed by atoms with Gasteiger partial charge in [0.15, 0.2) is 0 Å². The second-order valence-corrected chi connectivity index (χ2v) is 6.24. The molecule has 0 radical (unpaired) electrons. The van der Waals surface area contributed by atoms with Crippen LogP contribution in [0.1, 0.15) is 49.3 Å². The number of fused-ring (bicyclic) bond motifs is 1. The van der Waals surface area contributed by atoms with Crippen molar-refractivity contribution < 1.29 is 9.84 Å². The molecular formula is C17H25NO2. The van der Waals surface area contributed by atoms with Crippen LogP contribution in [0.2, 0.25) is 0 Å². The van der Waals surface area contributed by atoms with Crippen LogP contribution in [0.4, 0.5) is 0 Å². The molecule has 20 heavy (non-hydrogen) atoms. The zero-order valence-electron chi connectivity index (χ0n) is 12.5. The van der Waals surface area contributed by atoms with E-state index in [0.29, 0.717) is 12.0 Å². The van der Waals surface area contributed by atoms with E-state index in [-0.39, 0.29) is 12.1 Å². The van der Waals surface area contributed by atoms with E-state index in [9.17, 15) is 5.11 Å². The van der Waals surface area contributed by atoms with Gasteiger partial charge in [0.05, 0.1) is 12.7 Å². The number of aliphatic hydroxyl groups excluding tert-OH is 1. The van der Waals surface area contributed by atoms with E-state index in [1.807, 2.05) is 6.07 Å². The summed E-state index contributed by atoms with van der Waals surface area (Å²) in [7, 11) is 1.75. The molecule has 3 heteroatoms. The first-order chi connectivity index (χ1) is 9.72. The van der Waals surface area contributed by atoms with Crippen LogP contribution in [0.5, 0.6) is 0 Å². The number of hydrogen-bond donors (Lipinski definition) is 1. The lowest BCUT2D eigenvalue weighted by molar-refractivity contribution is 0.0136. The smallest absolute Gasteiger partial charge is 0.0948 e. The third-order valence-corrected chi connectivity index (χ3v) is 4.80. The molecular weight excluding hydrogens is 250 g/mol. The summed E-state index contributed by atoms with van der Waals surface area (Å²) in [6.07, 6.45) is 3.21. The molecule has 0 aliphatic heterocycles. The molecule has 0 aromatic heterocycles. The Balaban J connectivity index is 1.83. The number of methoxy groups -OCH3 is 1. The molecule has 1 aromatic carbocycles. The zero-order chi connectivity index (χ0) is 14.1. The minimum absolute atomic E-state index is 0.238. The van der Waals surface area contributed by atoms with Crippen LogP contribution in [0, 0.1) is 0 Å². The monoisotopic (exact) mass is 275 g/mol. The highest BCUT2D eigenvalue weighted by molar-refractivity contribution is 5.35. The molecule has 1 saturated carbocycles. The number of nitrogens with zero attached hydrogens (tertiary/aromatic N) is 1. The van der Waals surface area contributed by atoms with Gasteiger partial charge in [0.25, 0.3) is 0 Å². The van der Waals surface area contributed by atoms with Gasteiger partial charge in [-0.25, -0.2) is 0 Å². The largest absolute Gasteiger partial charge is 0.387 e. The number of benzene rings is 1. The number of aliphatic hydroxyl groups is 1. The zero-order valence-corrected chi connectivity index (χ0v) is 12.5. The standard InChI is InChI=1S/C17H25NO2/c1-12-11-16(18(9-10-20-2)13-7-8-13)17(19)15-6-4-3-5-14(12)15/h3-6,12-13,16-17,19H,7-11H2,1-2H3. The van der Waals surface area contributed by atoms with Gasteiger partial charge in [0.1, 0.15) is 0 Å². The van der Waals surface area contributed by atoms with Crippen LogP contribution >= 0.6 is 0 Å². The van der Waals surface area contributed by atoms with Crippen molar-refractivity contribution >= 4 is 0 Å². The fourth-order valence-electron chi connectivity index (χ4n) is 3.59. The van der Waals surface area contributed by atoms with E-state index in [1.165, 1.54) is 18.4 Å². The summed E-state index contributed by atoms with van der Waals surface area (Å²) in [6, 6.07) is 9.25. The Morgan fingerprint density at radius 2 is 1.95 bits per heavy atom. The summed E-state index contributed by atoms with van der Waals surface area (Å²) in [5.74, 6) is 0.517. The average Bonchev–Trinajstić information content (AvgIpc) is 3.29. The first-order valence-electron chi connectivity index (χ1n) is 7.74.